The molecule has 4 nitrogen and oxygen atoms in total. The third kappa shape index (κ3) is 6.32. The number of hydrogen-bond acceptors (Lipinski definition) is 4. The zero-order chi connectivity index (χ0) is 18.9. The van der Waals surface area contributed by atoms with Gasteiger partial charge in [0, 0.05) is 25.2 Å². The number of ether oxygens (including phenoxy) is 1. The average Bonchev–Trinajstić information content (AvgIpc) is 3.18. The van der Waals surface area contributed by atoms with Crippen molar-refractivity contribution in [1.29, 1.82) is 0 Å². The molecule has 1 unspecified atom stereocenters. The maximum absolute atomic E-state index is 14.1. The molecule has 0 aliphatic heterocycles. The van der Waals surface area contributed by atoms with Gasteiger partial charge in [0.15, 0.2) is 0 Å². The smallest absolute Gasteiger partial charge is 0.129 e. The molecule has 5 heteroatoms. The predicted octanol–water partition coefficient (Wildman–Crippen LogP) is 4.00. The lowest BCUT2D eigenvalue weighted by molar-refractivity contribution is 0.00239. The SMILES string of the molecule is OC(COCc1ccco1)CN(Cc1ccccc1)Cc1ccccc1F. The molecular weight excluding hydrogens is 345 g/mol. The molecule has 0 saturated carbocycles. The van der Waals surface area contributed by atoms with Crippen molar-refractivity contribution in [2.24, 2.45) is 0 Å². The Morgan fingerprint density at radius 1 is 0.963 bits per heavy atom. The normalized spacial score (nSPS) is 12.4. The van der Waals surface area contributed by atoms with Gasteiger partial charge in [0.1, 0.15) is 18.2 Å². The minimum absolute atomic E-state index is 0.184. The van der Waals surface area contributed by atoms with E-state index in [4.69, 9.17) is 9.15 Å². The Morgan fingerprint density at radius 2 is 1.74 bits per heavy atom. The highest BCUT2D eigenvalue weighted by atomic mass is 19.1. The molecule has 0 aliphatic rings. The van der Waals surface area contributed by atoms with E-state index in [1.165, 1.54) is 6.07 Å². The Morgan fingerprint density at radius 3 is 2.48 bits per heavy atom. The van der Waals surface area contributed by atoms with E-state index in [0.717, 1.165) is 11.3 Å². The Hall–Kier alpha value is -2.47. The molecule has 3 rings (SSSR count). The summed E-state index contributed by atoms with van der Waals surface area (Å²) in [4.78, 5) is 2.02. The van der Waals surface area contributed by atoms with Gasteiger partial charge in [0.25, 0.3) is 0 Å². The first-order valence-electron chi connectivity index (χ1n) is 8.98. The van der Waals surface area contributed by atoms with Gasteiger partial charge in [-0.25, -0.2) is 4.39 Å². The maximum atomic E-state index is 14.1. The number of benzene rings is 2. The van der Waals surface area contributed by atoms with Crippen molar-refractivity contribution in [2.75, 3.05) is 13.2 Å². The van der Waals surface area contributed by atoms with Crippen LogP contribution in [0.15, 0.2) is 77.4 Å². The molecule has 0 saturated heterocycles. The topological polar surface area (TPSA) is 45.8 Å². The highest BCUT2D eigenvalue weighted by Crippen LogP contribution is 2.14. The van der Waals surface area contributed by atoms with Crippen LogP contribution in [-0.4, -0.2) is 29.3 Å². The predicted molar refractivity (Wildman–Crippen MR) is 101 cm³/mol. The lowest BCUT2D eigenvalue weighted by Crippen LogP contribution is -2.34. The van der Waals surface area contributed by atoms with Crippen LogP contribution in [0.3, 0.4) is 0 Å². The van der Waals surface area contributed by atoms with Crippen LogP contribution in [-0.2, 0) is 24.4 Å². The fourth-order valence-electron chi connectivity index (χ4n) is 2.94. The van der Waals surface area contributed by atoms with E-state index in [-0.39, 0.29) is 12.4 Å². The molecule has 1 atom stereocenters. The Labute approximate surface area is 158 Å². The molecular formula is C22H24FNO3. The summed E-state index contributed by atoms with van der Waals surface area (Å²) in [5, 5.41) is 10.4. The molecule has 1 aromatic heterocycles. The molecule has 1 heterocycles. The highest BCUT2D eigenvalue weighted by Gasteiger charge is 2.15. The zero-order valence-electron chi connectivity index (χ0n) is 15.1. The molecule has 3 aromatic rings. The Balaban J connectivity index is 1.59. The first-order chi connectivity index (χ1) is 13.2. The van der Waals surface area contributed by atoms with E-state index in [9.17, 15) is 9.50 Å². The van der Waals surface area contributed by atoms with Gasteiger partial charge in [0.2, 0.25) is 0 Å². The standard InChI is InChI=1S/C22H24FNO3/c23-22-11-5-4-9-19(22)14-24(13-18-7-2-1-3-8-18)15-20(25)16-26-17-21-10-6-12-27-21/h1-12,20,25H,13-17H2. The lowest BCUT2D eigenvalue weighted by atomic mass is 10.1. The van der Waals surface area contributed by atoms with Crippen molar-refractivity contribution >= 4 is 0 Å². The van der Waals surface area contributed by atoms with E-state index in [1.54, 1.807) is 24.5 Å². The van der Waals surface area contributed by atoms with Gasteiger partial charge in [-0.2, -0.15) is 0 Å². The third-order valence-electron chi connectivity index (χ3n) is 4.20. The number of furan rings is 1. The summed E-state index contributed by atoms with van der Waals surface area (Å²) in [5.41, 5.74) is 1.72. The molecule has 0 spiro atoms. The minimum Gasteiger partial charge on any atom is -0.467 e. The van der Waals surface area contributed by atoms with Crippen LogP contribution in [0.25, 0.3) is 0 Å². The third-order valence-corrected chi connectivity index (χ3v) is 4.20. The number of rotatable bonds is 10. The van der Waals surface area contributed by atoms with Gasteiger partial charge >= 0.3 is 0 Å². The summed E-state index contributed by atoms with van der Waals surface area (Å²) < 4.78 is 24.8. The van der Waals surface area contributed by atoms with Gasteiger partial charge in [0.05, 0.1) is 19.0 Å². The average molecular weight is 369 g/mol. The molecule has 142 valence electrons. The summed E-state index contributed by atoms with van der Waals surface area (Å²) in [7, 11) is 0. The zero-order valence-corrected chi connectivity index (χ0v) is 15.1. The van der Waals surface area contributed by atoms with Crippen molar-refractivity contribution < 1.29 is 18.7 Å². The Bertz CT molecular complexity index is 792. The molecule has 0 fully saturated rings. The molecule has 1 N–H and O–H groups in total. The number of halogens is 1. The van der Waals surface area contributed by atoms with Crippen LogP contribution in [0.1, 0.15) is 16.9 Å². The summed E-state index contributed by atoms with van der Waals surface area (Å²) in [5.74, 6) is 0.480. The van der Waals surface area contributed by atoms with Crippen LogP contribution in [0, 0.1) is 5.82 Å². The summed E-state index contributed by atoms with van der Waals surface area (Å²) >= 11 is 0. The van der Waals surface area contributed by atoms with Crippen molar-refractivity contribution in [3.63, 3.8) is 0 Å². The monoisotopic (exact) mass is 369 g/mol. The molecule has 0 bridgehead atoms. The summed E-state index contributed by atoms with van der Waals surface area (Å²) in [6.07, 6.45) is 0.904. The van der Waals surface area contributed by atoms with Crippen LogP contribution >= 0.6 is 0 Å². The Kier molecular flexibility index (Phi) is 7.16. The minimum atomic E-state index is -0.685. The van der Waals surface area contributed by atoms with E-state index >= 15 is 0 Å². The largest absolute Gasteiger partial charge is 0.467 e. The van der Waals surface area contributed by atoms with Crippen molar-refractivity contribution in [3.8, 4) is 0 Å². The van der Waals surface area contributed by atoms with Crippen molar-refractivity contribution in [2.45, 2.75) is 25.8 Å². The van der Waals surface area contributed by atoms with E-state index in [0.29, 0.717) is 31.8 Å². The number of aliphatic hydroxyl groups is 1. The quantitative estimate of drug-likeness (QED) is 0.587. The summed E-state index contributed by atoms with van der Waals surface area (Å²) in [6.45, 7) is 1.90. The number of hydrogen-bond donors (Lipinski definition) is 1. The van der Waals surface area contributed by atoms with Crippen LogP contribution < -0.4 is 0 Å². The van der Waals surface area contributed by atoms with Gasteiger partial charge in [-0.3, -0.25) is 4.90 Å². The first kappa shape index (κ1) is 19.3. The van der Waals surface area contributed by atoms with Gasteiger partial charge in [-0.15, -0.1) is 0 Å². The fraction of sp³-hybridized carbons (Fsp3) is 0.273. The number of aliphatic hydroxyl groups excluding tert-OH is 1. The maximum Gasteiger partial charge on any atom is 0.129 e. The molecule has 0 radical (unpaired) electrons. The second-order valence-electron chi connectivity index (χ2n) is 6.49. The number of nitrogens with zero attached hydrogens (tertiary/aromatic N) is 1. The second-order valence-corrected chi connectivity index (χ2v) is 6.49. The van der Waals surface area contributed by atoms with E-state index in [1.807, 2.05) is 47.4 Å². The van der Waals surface area contributed by atoms with E-state index < -0.39 is 6.10 Å². The molecule has 2 aromatic carbocycles. The molecule has 0 amide bonds. The lowest BCUT2D eigenvalue weighted by Gasteiger charge is -2.25. The van der Waals surface area contributed by atoms with Crippen LogP contribution in [0.5, 0.6) is 0 Å². The van der Waals surface area contributed by atoms with Crippen molar-refractivity contribution in [3.05, 3.63) is 95.7 Å². The fourth-order valence-corrected chi connectivity index (χ4v) is 2.94. The highest BCUT2D eigenvalue weighted by molar-refractivity contribution is 5.18. The van der Waals surface area contributed by atoms with Gasteiger partial charge < -0.3 is 14.3 Å². The summed E-state index contributed by atoms with van der Waals surface area (Å²) in [6, 6.07) is 20.3. The molecule has 0 aliphatic carbocycles. The van der Waals surface area contributed by atoms with Gasteiger partial charge in [-0.1, -0.05) is 48.5 Å². The molecule has 27 heavy (non-hydrogen) atoms. The first-order valence-corrected chi connectivity index (χ1v) is 8.98. The second kappa shape index (κ2) is 10.0. The van der Waals surface area contributed by atoms with Crippen molar-refractivity contribution in [1.82, 2.24) is 4.90 Å². The van der Waals surface area contributed by atoms with Crippen LogP contribution in [0.4, 0.5) is 4.39 Å². The van der Waals surface area contributed by atoms with Gasteiger partial charge in [-0.05, 0) is 23.8 Å². The van der Waals surface area contributed by atoms with Crippen LogP contribution in [0.2, 0.25) is 0 Å². The van der Waals surface area contributed by atoms with E-state index in [2.05, 4.69) is 0 Å².